The number of thiocarbonyl (C=S) groups is 1. The lowest BCUT2D eigenvalue weighted by molar-refractivity contribution is 0.0601. The molecule has 0 saturated heterocycles. The van der Waals surface area contributed by atoms with Gasteiger partial charge in [0.1, 0.15) is 17.2 Å². The molecule has 1 aromatic heterocycles. The number of esters is 1. The molecule has 0 unspecified atom stereocenters. The molecule has 0 fully saturated rings. The first-order valence-electron chi connectivity index (χ1n) is 5.97. The smallest absolute Gasteiger partial charge is 0.341 e. The van der Waals surface area contributed by atoms with E-state index >= 15 is 0 Å². The fourth-order valence-electron chi connectivity index (χ4n) is 1.58. The summed E-state index contributed by atoms with van der Waals surface area (Å²) in [4.78, 5) is 15.6. The van der Waals surface area contributed by atoms with Gasteiger partial charge in [0.25, 0.3) is 0 Å². The van der Waals surface area contributed by atoms with Gasteiger partial charge in [-0.05, 0) is 48.6 Å². The molecule has 21 heavy (non-hydrogen) atoms. The molecule has 0 bridgehead atoms. The summed E-state index contributed by atoms with van der Waals surface area (Å²) >= 11 is 5.13. The maximum absolute atomic E-state index is 12.8. The molecule has 2 N–H and O–H groups in total. The monoisotopic (exact) mass is 305 g/mol. The van der Waals surface area contributed by atoms with E-state index in [-0.39, 0.29) is 22.3 Å². The summed E-state index contributed by atoms with van der Waals surface area (Å²) in [6.07, 6.45) is 1.52. The van der Waals surface area contributed by atoms with E-state index in [1.807, 2.05) is 0 Å². The minimum atomic E-state index is -0.518. The van der Waals surface area contributed by atoms with E-state index in [2.05, 4.69) is 20.4 Å². The van der Waals surface area contributed by atoms with Crippen molar-refractivity contribution in [2.45, 2.75) is 0 Å². The zero-order valence-corrected chi connectivity index (χ0v) is 11.9. The third-order valence-corrected chi connectivity index (χ3v) is 2.75. The quantitative estimate of drug-likeness (QED) is 0.671. The average Bonchev–Trinajstić information content (AvgIpc) is 2.49. The predicted octanol–water partition coefficient (Wildman–Crippen LogP) is 2.82. The molecule has 0 amide bonds. The zero-order valence-electron chi connectivity index (χ0n) is 11.1. The Morgan fingerprint density at radius 3 is 2.62 bits per heavy atom. The van der Waals surface area contributed by atoms with Crippen molar-refractivity contribution < 1.29 is 13.9 Å². The van der Waals surface area contributed by atoms with Gasteiger partial charge in [-0.3, -0.25) is 0 Å². The number of hydrogen-bond acceptors (Lipinski definition) is 4. The third kappa shape index (κ3) is 3.96. The molecule has 0 aliphatic rings. The standard InChI is InChI=1S/C14H12FN3O2S/c1-20-13(19)11-3-2-8-16-12(11)18-14(21)17-10-6-4-9(15)5-7-10/h2-8H,1H3,(H2,16,17,18,21). The van der Waals surface area contributed by atoms with Crippen LogP contribution in [-0.4, -0.2) is 23.2 Å². The summed E-state index contributed by atoms with van der Waals surface area (Å²) in [6, 6.07) is 8.90. The number of rotatable bonds is 3. The Morgan fingerprint density at radius 1 is 1.24 bits per heavy atom. The molecule has 7 heteroatoms. The van der Waals surface area contributed by atoms with E-state index in [4.69, 9.17) is 12.2 Å². The van der Waals surface area contributed by atoms with Crippen LogP contribution in [0.3, 0.4) is 0 Å². The Labute approximate surface area is 126 Å². The van der Waals surface area contributed by atoms with Gasteiger partial charge in [-0.15, -0.1) is 0 Å². The maximum Gasteiger partial charge on any atom is 0.341 e. The van der Waals surface area contributed by atoms with Gasteiger partial charge < -0.3 is 15.4 Å². The molecule has 0 radical (unpaired) electrons. The number of aromatic nitrogens is 1. The predicted molar refractivity (Wildman–Crippen MR) is 81.8 cm³/mol. The number of carbonyl (C=O) groups excluding carboxylic acids is 1. The van der Waals surface area contributed by atoms with Crippen LogP contribution in [0.5, 0.6) is 0 Å². The van der Waals surface area contributed by atoms with Gasteiger partial charge in [0, 0.05) is 11.9 Å². The first kappa shape index (κ1) is 14.9. The van der Waals surface area contributed by atoms with Crippen molar-refractivity contribution in [1.29, 1.82) is 0 Å². The Kier molecular flexibility index (Phi) is 4.78. The lowest BCUT2D eigenvalue weighted by Gasteiger charge is -2.12. The normalized spacial score (nSPS) is 9.81. The lowest BCUT2D eigenvalue weighted by Crippen LogP contribution is -2.21. The van der Waals surface area contributed by atoms with Crippen LogP contribution >= 0.6 is 12.2 Å². The van der Waals surface area contributed by atoms with E-state index in [0.29, 0.717) is 5.69 Å². The number of anilines is 2. The molecular formula is C14H12FN3O2S. The topological polar surface area (TPSA) is 63.2 Å². The summed E-state index contributed by atoms with van der Waals surface area (Å²) in [5, 5.41) is 5.89. The van der Waals surface area contributed by atoms with E-state index < -0.39 is 5.97 Å². The summed E-state index contributed by atoms with van der Waals surface area (Å²) in [6.45, 7) is 0. The van der Waals surface area contributed by atoms with Crippen LogP contribution in [0.15, 0.2) is 42.6 Å². The average molecular weight is 305 g/mol. The van der Waals surface area contributed by atoms with Gasteiger partial charge in [0.2, 0.25) is 0 Å². The number of nitrogens with zero attached hydrogens (tertiary/aromatic N) is 1. The van der Waals surface area contributed by atoms with Gasteiger partial charge >= 0.3 is 5.97 Å². The van der Waals surface area contributed by atoms with Crippen molar-refractivity contribution in [3.63, 3.8) is 0 Å². The summed E-state index contributed by atoms with van der Waals surface area (Å²) in [5.74, 6) is -0.573. The van der Waals surface area contributed by atoms with Crippen molar-refractivity contribution in [2.75, 3.05) is 17.7 Å². The lowest BCUT2D eigenvalue weighted by atomic mass is 10.2. The molecular weight excluding hydrogens is 293 g/mol. The van der Waals surface area contributed by atoms with Crippen LogP contribution in [0.1, 0.15) is 10.4 Å². The van der Waals surface area contributed by atoms with Crippen LogP contribution < -0.4 is 10.6 Å². The van der Waals surface area contributed by atoms with Crippen LogP contribution in [0.4, 0.5) is 15.9 Å². The van der Waals surface area contributed by atoms with Crippen molar-refractivity contribution in [2.24, 2.45) is 0 Å². The van der Waals surface area contributed by atoms with Gasteiger partial charge in [0.05, 0.1) is 7.11 Å². The van der Waals surface area contributed by atoms with Crippen LogP contribution in [0, 0.1) is 5.82 Å². The highest BCUT2D eigenvalue weighted by molar-refractivity contribution is 7.80. The number of ether oxygens (including phenoxy) is 1. The highest BCUT2D eigenvalue weighted by Crippen LogP contribution is 2.14. The molecule has 0 aliphatic heterocycles. The van der Waals surface area contributed by atoms with E-state index in [1.165, 1.54) is 25.4 Å². The molecule has 1 aromatic carbocycles. The Hall–Kier alpha value is -2.54. The van der Waals surface area contributed by atoms with Crippen LogP contribution in [0.2, 0.25) is 0 Å². The largest absolute Gasteiger partial charge is 0.465 e. The van der Waals surface area contributed by atoms with Crippen molar-refractivity contribution in [3.8, 4) is 0 Å². The Morgan fingerprint density at radius 2 is 1.95 bits per heavy atom. The highest BCUT2D eigenvalue weighted by atomic mass is 32.1. The van der Waals surface area contributed by atoms with Gasteiger partial charge in [-0.25, -0.2) is 14.2 Å². The SMILES string of the molecule is COC(=O)c1cccnc1NC(=S)Nc1ccc(F)cc1. The molecule has 2 rings (SSSR count). The van der Waals surface area contributed by atoms with Gasteiger partial charge in [0.15, 0.2) is 5.11 Å². The second-order valence-electron chi connectivity index (χ2n) is 3.98. The zero-order chi connectivity index (χ0) is 15.2. The fraction of sp³-hybridized carbons (Fsp3) is 0.0714. The molecule has 0 atom stereocenters. The number of methoxy groups -OCH3 is 1. The third-order valence-electron chi connectivity index (χ3n) is 2.55. The Bertz CT molecular complexity index is 662. The van der Waals surface area contributed by atoms with Crippen molar-refractivity contribution in [1.82, 2.24) is 4.98 Å². The fourth-order valence-corrected chi connectivity index (χ4v) is 1.80. The number of nitrogens with one attached hydrogen (secondary N) is 2. The van der Waals surface area contributed by atoms with E-state index in [9.17, 15) is 9.18 Å². The minimum absolute atomic E-state index is 0.227. The molecule has 0 aliphatic carbocycles. The first-order valence-corrected chi connectivity index (χ1v) is 6.38. The molecule has 5 nitrogen and oxygen atoms in total. The second kappa shape index (κ2) is 6.76. The van der Waals surface area contributed by atoms with Crippen molar-refractivity contribution in [3.05, 3.63) is 54.0 Å². The summed E-state index contributed by atoms with van der Waals surface area (Å²) in [7, 11) is 1.29. The van der Waals surface area contributed by atoms with Gasteiger partial charge in [-0.1, -0.05) is 0 Å². The van der Waals surface area contributed by atoms with E-state index in [0.717, 1.165) is 0 Å². The number of benzene rings is 1. The maximum atomic E-state index is 12.8. The van der Waals surface area contributed by atoms with Crippen LogP contribution in [-0.2, 0) is 4.74 Å². The number of pyridine rings is 1. The second-order valence-corrected chi connectivity index (χ2v) is 4.39. The van der Waals surface area contributed by atoms with Crippen molar-refractivity contribution >= 4 is 34.8 Å². The molecule has 2 aromatic rings. The molecule has 1 heterocycles. The number of hydrogen-bond donors (Lipinski definition) is 2. The summed E-state index contributed by atoms with van der Waals surface area (Å²) < 4.78 is 17.5. The minimum Gasteiger partial charge on any atom is -0.465 e. The Balaban J connectivity index is 2.09. The highest BCUT2D eigenvalue weighted by Gasteiger charge is 2.13. The van der Waals surface area contributed by atoms with Gasteiger partial charge in [-0.2, -0.15) is 0 Å². The molecule has 0 spiro atoms. The molecule has 0 saturated carbocycles. The summed E-state index contributed by atoms with van der Waals surface area (Å²) in [5.41, 5.74) is 0.882. The van der Waals surface area contributed by atoms with Crippen LogP contribution in [0.25, 0.3) is 0 Å². The van der Waals surface area contributed by atoms with E-state index in [1.54, 1.807) is 24.3 Å². The molecule has 108 valence electrons. The first-order chi connectivity index (χ1) is 10.1. The number of carbonyl (C=O) groups is 1. The number of halogens is 1.